The van der Waals surface area contributed by atoms with Crippen LogP contribution in [0.2, 0.25) is 0 Å². The van der Waals surface area contributed by atoms with Gasteiger partial charge in [-0.1, -0.05) is 20.8 Å². The Labute approximate surface area is 105 Å². The van der Waals surface area contributed by atoms with E-state index in [0.29, 0.717) is 6.04 Å². The van der Waals surface area contributed by atoms with E-state index in [9.17, 15) is 0 Å². The quantitative estimate of drug-likeness (QED) is 0.328. The Bertz CT molecular complexity index is 189. The average Bonchev–Trinajstić information content (AvgIpc) is 2.25. The molecule has 1 atom stereocenters. The molecule has 0 heterocycles. The second-order valence-corrected chi connectivity index (χ2v) is 5.00. The highest BCUT2D eigenvalue weighted by molar-refractivity contribution is 5.29. The maximum atomic E-state index is 9.13. The molecule has 5 heteroatoms. The Balaban J connectivity index is 0. The molecule has 1 unspecified atom stereocenters. The van der Waals surface area contributed by atoms with Gasteiger partial charge >= 0.3 is 0 Å². The molecular weight excluding hydrogens is 222 g/mol. The van der Waals surface area contributed by atoms with E-state index in [1.165, 1.54) is 0 Å². The molecule has 0 saturated carbocycles. The molecule has 0 aromatic heterocycles. The van der Waals surface area contributed by atoms with Gasteiger partial charge in [0.1, 0.15) is 6.04 Å². The fraction of sp³-hybridized carbons (Fsp3) is 0.917. The summed E-state index contributed by atoms with van der Waals surface area (Å²) in [6.07, 6.45) is 2.69. The van der Waals surface area contributed by atoms with Gasteiger partial charge in [-0.25, -0.2) is 4.89 Å². The number of rotatable bonds is 6. The summed E-state index contributed by atoms with van der Waals surface area (Å²) < 4.78 is 0.818. The van der Waals surface area contributed by atoms with Crippen molar-refractivity contribution in [2.75, 3.05) is 21.1 Å². The first-order chi connectivity index (χ1) is 7.79. The summed E-state index contributed by atoms with van der Waals surface area (Å²) in [6, 6.07) is 0.322. The SMILES string of the molecule is CCC(C(CC)(CC)OO)[N+](C)(C)C.O=C[O-]. The zero-order valence-electron chi connectivity index (χ0n) is 11.9. The van der Waals surface area contributed by atoms with Gasteiger partial charge in [-0.3, -0.25) is 5.26 Å². The van der Waals surface area contributed by atoms with E-state index in [1.807, 2.05) is 0 Å². The van der Waals surface area contributed by atoms with Gasteiger partial charge in [0.05, 0.1) is 21.1 Å². The van der Waals surface area contributed by atoms with E-state index in [2.05, 4.69) is 41.9 Å². The summed E-state index contributed by atoms with van der Waals surface area (Å²) in [6.45, 7) is 5.78. The summed E-state index contributed by atoms with van der Waals surface area (Å²) in [7, 11) is 6.44. The molecule has 0 fully saturated rings. The smallest absolute Gasteiger partial charge is 0.154 e. The Kier molecular flexibility index (Phi) is 9.29. The highest BCUT2D eigenvalue weighted by Gasteiger charge is 2.44. The minimum atomic E-state index is -0.500. The van der Waals surface area contributed by atoms with E-state index in [-0.39, 0.29) is 0 Å². The molecule has 17 heavy (non-hydrogen) atoms. The molecule has 0 spiro atoms. The van der Waals surface area contributed by atoms with Crippen molar-refractivity contribution in [1.29, 1.82) is 0 Å². The number of hydrogen-bond acceptors (Lipinski definition) is 4. The normalized spacial score (nSPS) is 13.6. The predicted molar refractivity (Wildman–Crippen MR) is 65.2 cm³/mol. The standard InChI is InChI=1S/C11H25NO2.CH2O2/c1-7-10(12(4,5)6)11(8-2,9-3)14-13;2-1-3/h10H,7-9H2,1-6H3;1H,(H,2,3). The Morgan fingerprint density at radius 2 is 1.65 bits per heavy atom. The van der Waals surface area contributed by atoms with Crippen molar-refractivity contribution in [2.24, 2.45) is 0 Å². The van der Waals surface area contributed by atoms with Crippen molar-refractivity contribution >= 4 is 6.47 Å². The molecule has 5 nitrogen and oxygen atoms in total. The average molecular weight is 249 g/mol. The monoisotopic (exact) mass is 249 g/mol. The summed E-state index contributed by atoms with van der Waals surface area (Å²) in [4.78, 5) is 13.1. The highest BCUT2D eigenvalue weighted by Crippen LogP contribution is 2.31. The maximum absolute atomic E-state index is 9.13. The van der Waals surface area contributed by atoms with E-state index in [0.717, 1.165) is 23.7 Å². The summed E-state index contributed by atoms with van der Waals surface area (Å²) >= 11 is 0. The number of hydrogen-bond donors (Lipinski definition) is 1. The van der Waals surface area contributed by atoms with Crippen LogP contribution in [0.15, 0.2) is 0 Å². The zero-order valence-corrected chi connectivity index (χ0v) is 11.9. The van der Waals surface area contributed by atoms with Gasteiger partial charge in [0.25, 0.3) is 0 Å². The van der Waals surface area contributed by atoms with Crippen molar-refractivity contribution in [3.8, 4) is 0 Å². The first-order valence-electron chi connectivity index (χ1n) is 5.98. The summed E-state index contributed by atoms with van der Waals surface area (Å²) in [5.41, 5.74) is -0.396. The minimum absolute atomic E-state index is 0.322. The van der Waals surface area contributed by atoms with Crippen molar-refractivity contribution in [3.63, 3.8) is 0 Å². The molecule has 0 bridgehead atoms. The van der Waals surface area contributed by atoms with Crippen molar-refractivity contribution in [2.45, 2.75) is 51.7 Å². The fourth-order valence-electron chi connectivity index (χ4n) is 2.54. The molecule has 1 N–H and O–H groups in total. The fourth-order valence-corrected chi connectivity index (χ4v) is 2.54. The highest BCUT2D eigenvalue weighted by atomic mass is 17.1. The zero-order chi connectivity index (χ0) is 14.1. The molecule has 0 saturated heterocycles. The maximum Gasteiger partial charge on any atom is 0.154 e. The number of nitrogens with zero attached hydrogens (tertiary/aromatic N) is 1. The second-order valence-electron chi connectivity index (χ2n) is 5.00. The first-order valence-corrected chi connectivity index (χ1v) is 5.98. The van der Waals surface area contributed by atoms with Gasteiger partial charge in [0.15, 0.2) is 5.60 Å². The van der Waals surface area contributed by atoms with E-state index < -0.39 is 12.1 Å². The molecule has 0 amide bonds. The van der Waals surface area contributed by atoms with Gasteiger partial charge in [0, 0.05) is 6.47 Å². The minimum Gasteiger partial charge on any atom is -0.554 e. The van der Waals surface area contributed by atoms with Crippen LogP contribution in [0.1, 0.15) is 40.0 Å². The van der Waals surface area contributed by atoms with Crippen LogP contribution in [0, 0.1) is 0 Å². The second kappa shape index (κ2) is 8.44. The lowest BCUT2D eigenvalue weighted by molar-refractivity contribution is -0.906. The molecule has 0 rings (SSSR count). The van der Waals surface area contributed by atoms with Crippen LogP contribution in [-0.4, -0.2) is 49.0 Å². The van der Waals surface area contributed by atoms with E-state index in [4.69, 9.17) is 20.0 Å². The largest absolute Gasteiger partial charge is 0.554 e. The van der Waals surface area contributed by atoms with Crippen molar-refractivity contribution < 1.29 is 24.5 Å². The first kappa shape index (κ1) is 18.7. The summed E-state index contributed by atoms with van der Waals surface area (Å²) in [5, 5.41) is 17.4. The number of quaternary nitrogens is 1. The van der Waals surface area contributed by atoms with Crippen LogP contribution in [0.25, 0.3) is 0 Å². The van der Waals surface area contributed by atoms with Crippen molar-refractivity contribution in [3.05, 3.63) is 0 Å². The lowest BCUT2D eigenvalue weighted by Gasteiger charge is -2.44. The van der Waals surface area contributed by atoms with Crippen LogP contribution in [0.4, 0.5) is 0 Å². The van der Waals surface area contributed by atoms with Gasteiger partial charge in [-0.2, -0.15) is 0 Å². The molecule has 0 radical (unpaired) electrons. The number of carbonyl (C=O) groups is 1. The van der Waals surface area contributed by atoms with Crippen LogP contribution >= 0.6 is 0 Å². The van der Waals surface area contributed by atoms with Crippen LogP contribution in [0.5, 0.6) is 0 Å². The third kappa shape index (κ3) is 5.48. The van der Waals surface area contributed by atoms with Crippen LogP contribution < -0.4 is 5.11 Å². The number of likely N-dealkylation sites (N-methyl/N-ethyl adjacent to an activating group) is 1. The Hall–Kier alpha value is -0.650. The molecule has 0 aliphatic heterocycles. The predicted octanol–water partition coefficient (Wildman–Crippen LogP) is 0.886. The molecule has 0 aromatic rings. The van der Waals surface area contributed by atoms with Crippen molar-refractivity contribution in [1.82, 2.24) is 0 Å². The lowest BCUT2D eigenvalue weighted by Crippen LogP contribution is -2.59. The molecular formula is C12H27NO4. The molecule has 104 valence electrons. The van der Waals surface area contributed by atoms with E-state index in [1.54, 1.807) is 0 Å². The van der Waals surface area contributed by atoms with E-state index >= 15 is 0 Å². The third-order valence-corrected chi connectivity index (χ3v) is 3.31. The molecule has 0 aliphatic rings. The van der Waals surface area contributed by atoms with Gasteiger partial charge < -0.3 is 14.4 Å². The van der Waals surface area contributed by atoms with Crippen LogP contribution in [0.3, 0.4) is 0 Å². The van der Waals surface area contributed by atoms with Gasteiger partial charge in [-0.05, 0) is 19.3 Å². The Morgan fingerprint density at radius 1 is 1.29 bits per heavy atom. The topological polar surface area (TPSA) is 69.6 Å². The number of carbonyl (C=O) groups excluding carboxylic acids is 1. The third-order valence-electron chi connectivity index (χ3n) is 3.31. The van der Waals surface area contributed by atoms with Crippen LogP contribution in [-0.2, 0) is 9.68 Å². The lowest BCUT2D eigenvalue weighted by atomic mass is 9.85. The molecule has 0 aromatic carbocycles. The molecule has 0 aliphatic carbocycles. The summed E-state index contributed by atoms with van der Waals surface area (Å²) in [5.74, 6) is 0. The van der Waals surface area contributed by atoms with Gasteiger partial charge in [0.2, 0.25) is 0 Å². The van der Waals surface area contributed by atoms with Gasteiger partial charge in [-0.15, -0.1) is 0 Å². The Morgan fingerprint density at radius 3 is 1.71 bits per heavy atom. The number of carboxylic acid groups (broad SMARTS) is 1.